The highest BCUT2D eigenvalue weighted by Gasteiger charge is 2.26. The van der Waals surface area contributed by atoms with Crippen molar-refractivity contribution in [3.63, 3.8) is 0 Å². The van der Waals surface area contributed by atoms with Gasteiger partial charge in [0.2, 0.25) is 0 Å². The molecule has 3 heteroatoms. The number of anilines is 1. The Kier molecular flexibility index (Phi) is 5.37. The molecule has 0 bridgehead atoms. The summed E-state index contributed by atoms with van der Waals surface area (Å²) in [7, 11) is 0. The molecule has 0 unspecified atom stereocenters. The average molecular weight is 353 g/mol. The second-order valence-electron chi connectivity index (χ2n) is 7.57. The van der Waals surface area contributed by atoms with Gasteiger partial charge in [0.25, 0.3) is 0 Å². The van der Waals surface area contributed by atoms with Gasteiger partial charge in [0, 0.05) is 34.8 Å². The zero-order chi connectivity index (χ0) is 15.6. The maximum absolute atomic E-state index is 3.75. The van der Waals surface area contributed by atoms with Crippen LogP contribution in [0, 0.1) is 5.92 Å². The number of hydrogen-bond donors (Lipinski definition) is 1. The van der Waals surface area contributed by atoms with Gasteiger partial charge in [-0.05, 0) is 71.1 Å². The summed E-state index contributed by atoms with van der Waals surface area (Å²) in [5.74, 6) is 0.911. The largest absolute Gasteiger partial charge is 0.369 e. The SMILES string of the molecule is CC(C)N(CC1CC1)c1ccc(CNC(C)(C)C)c(Br)c1. The van der Waals surface area contributed by atoms with Crippen molar-refractivity contribution in [1.29, 1.82) is 0 Å². The predicted octanol–water partition coefficient (Wildman–Crippen LogP) is 4.96. The molecule has 21 heavy (non-hydrogen) atoms. The van der Waals surface area contributed by atoms with Crippen molar-refractivity contribution >= 4 is 21.6 Å². The first-order valence-corrected chi connectivity index (χ1v) is 8.85. The van der Waals surface area contributed by atoms with Gasteiger partial charge >= 0.3 is 0 Å². The lowest BCUT2D eigenvalue weighted by Gasteiger charge is -2.30. The van der Waals surface area contributed by atoms with Gasteiger partial charge < -0.3 is 10.2 Å². The Balaban J connectivity index is 2.09. The summed E-state index contributed by atoms with van der Waals surface area (Å²) in [4.78, 5) is 2.53. The van der Waals surface area contributed by atoms with Crippen LogP contribution in [0.25, 0.3) is 0 Å². The Labute approximate surface area is 138 Å². The number of rotatable bonds is 6. The maximum atomic E-state index is 3.75. The summed E-state index contributed by atoms with van der Waals surface area (Å²) in [5, 5.41) is 3.55. The number of nitrogens with one attached hydrogen (secondary N) is 1. The van der Waals surface area contributed by atoms with E-state index in [9.17, 15) is 0 Å². The first-order chi connectivity index (χ1) is 9.76. The third-order valence-corrected chi connectivity index (χ3v) is 4.69. The van der Waals surface area contributed by atoms with E-state index in [-0.39, 0.29) is 5.54 Å². The Bertz CT molecular complexity index is 473. The van der Waals surface area contributed by atoms with E-state index in [0.29, 0.717) is 6.04 Å². The summed E-state index contributed by atoms with van der Waals surface area (Å²) in [6, 6.07) is 7.35. The van der Waals surface area contributed by atoms with Crippen molar-refractivity contribution in [3.05, 3.63) is 28.2 Å². The first kappa shape index (κ1) is 16.8. The van der Waals surface area contributed by atoms with Crippen molar-refractivity contribution in [2.75, 3.05) is 11.4 Å². The minimum absolute atomic E-state index is 0.147. The summed E-state index contributed by atoms with van der Waals surface area (Å²) < 4.78 is 1.21. The topological polar surface area (TPSA) is 15.3 Å². The van der Waals surface area contributed by atoms with E-state index in [1.54, 1.807) is 0 Å². The van der Waals surface area contributed by atoms with E-state index in [1.807, 2.05) is 0 Å². The molecule has 1 N–H and O–H groups in total. The number of benzene rings is 1. The molecule has 1 aliphatic rings. The van der Waals surface area contributed by atoms with Gasteiger partial charge in [-0.1, -0.05) is 22.0 Å². The fourth-order valence-electron chi connectivity index (χ4n) is 2.41. The second-order valence-corrected chi connectivity index (χ2v) is 8.42. The lowest BCUT2D eigenvalue weighted by Crippen LogP contribution is -2.35. The molecule has 0 heterocycles. The molecule has 0 spiro atoms. The van der Waals surface area contributed by atoms with E-state index >= 15 is 0 Å². The molecule has 0 saturated heterocycles. The molecule has 2 nitrogen and oxygen atoms in total. The lowest BCUT2D eigenvalue weighted by atomic mass is 10.1. The van der Waals surface area contributed by atoms with Crippen LogP contribution in [-0.4, -0.2) is 18.1 Å². The Hall–Kier alpha value is -0.540. The van der Waals surface area contributed by atoms with Crippen LogP contribution in [0.3, 0.4) is 0 Å². The van der Waals surface area contributed by atoms with Gasteiger partial charge in [0.05, 0.1) is 0 Å². The monoisotopic (exact) mass is 352 g/mol. The van der Waals surface area contributed by atoms with Gasteiger partial charge in [0.1, 0.15) is 0 Å². The molecule has 0 aliphatic heterocycles. The van der Waals surface area contributed by atoms with Crippen molar-refractivity contribution in [3.8, 4) is 0 Å². The maximum Gasteiger partial charge on any atom is 0.0380 e. The molecule has 1 saturated carbocycles. The molecule has 0 aromatic heterocycles. The highest BCUT2D eigenvalue weighted by molar-refractivity contribution is 9.10. The Morgan fingerprint density at radius 1 is 1.29 bits per heavy atom. The van der Waals surface area contributed by atoms with E-state index in [4.69, 9.17) is 0 Å². The zero-order valence-corrected chi connectivity index (χ0v) is 15.6. The van der Waals surface area contributed by atoms with E-state index < -0.39 is 0 Å². The molecule has 118 valence electrons. The highest BCUT2D eigenvalue weighted by atomic mass is 79.9. The van der Waals surface area contributed by atoms with E-state index in [2.05, 4.69) is 79.0 Å². The molecule has 2 rings (SSSR count). The van der Waals surface area contributed by atoms with Crippen molar-refractivity contribution in [2.24, 2.45) is 5.92 Å². The standard InChI is InChI=1S/C18H29BrN2/c1-13(2)21(12-14-6-7-14)16-9-8-15(17(19)10-16)11-20-18(3,4)5/h8-10,13-14,20H,6-7,11-12H2,1-5H3. The molecule has 1 fully saturated rings. The quantitative estimate of drug-likeness (QED) is 0.777. The van der Waals surface area contributed by atoms with Gasteiger partial charge in [-0.3, -0.25) is 0 Å². The lowest BCUT2D eigenvalue weighted by molar-refractivity contribution is 0.424. The molecular formula is C18H29BrN2. The minimum Gasteiger partial charge on any atom is -0.369 e. The van der Waals surface area contributed by atoms with Crippen LogP contribution >= 0.6 is 15.9 Å². The van der Waals surface area contributed by atoms with Crippen LogP contribution in [-0.2, 0) is 6.54 Å². The molecule has 0 amide bonds. The smallest absolute Gasteiger partial charge is 0.0380 e. The summed E-state index contributed by atoms with van der Waals surface area (Å²) in [6.45, 7) is 13.3. The van der Waals surface area contributed by atoms with Gasteiger partial charge in [-0.15, -0.1) is 0 Å². The van der Waals surface area contributed by atoms with Crippen LogP contribution in [0.2, 0.25) is 0 Å². The first-order valence-electron chi connectivity index (χ1n) is 8.06. The summed E-state index contributed by atoms with van der Waals surface area (Å²) in [6.07, 6.45) is 2.80. The highest BCUT2D eigenvalue weighted by Crippen LogP contribution is 2.33. The van der Waals surface area contributed by atoms with Crippen molar-refractivity contribution in [2.45, 2.75) is 65.6 Å². The number of nitrogens with zero attached hydrogens (tertiary/aromatic N) is 1. The normalized spacial score (nSPS) is 15.6. The molecule has 1 aromatic rings. The molecule has 0 atom stereocenters. The fraction of sp³-hybridized carbons (Fsp3) is 0.667. The van der Waals surface area contributed by atoms with E-state index in [1.165, 1.54) is 35.1 Å². The van der Waals surface area contributed by atoms with Crippen LogP contribution < -0.4 is 10.2 Å². The van der Waals surface area contributed by atoms with Crippen LogP contribution in [0.15, 0.2) is 22.7 Å². The third kappa shape index (κ3) is 5.30. The average Bonchev–Trinajstić information content (AvgIpc) is 3.17. The predicted molar refractivity (Wildman–Crippen MR) is 95.9 cm³/mol. The molecule has 1 aliphatic carbocycles. The summed E-state index contributed by atoms with van der Waals surface area (Å²) >= 11 is 3.75. The Morgan fingerprint density at radius 2 is 1.95 bits per heavy atom. The van der Waals surface area contributed by atoms with Gasteiger partial charge in [0.15, 0.2) is 0 Å². The van der Waals surface area contributed by atoms with Crippen LogP contribution in [0.4, 0.5) is 5.69 Å². The van der Waals surface area contributed by atoms with E-state index in [0.717, 1.165) is 12.5 Å². The molecule has 1 aromatic carbocycles. The van der Waals surface area contributed by atoms with Crippen LogP contribution in [0.1, 0.15) is 53.0 Å². The number of halogens is 1. The fourth-order valence-corrected chi connectivity index (χ4v) is 2.92. The van der Waals surface area contributed by atoms with Crippen molar-refractivity contribution in [1.82, 2.24) is 5.32 Å². The van der Waals surface area contributed by atoms with Gasteiger partial charge in [-0.2, -0.15) is 0 Å². The second kappa shape index (κ2) is 6.70. The third-order valence-electron chi connectivity index (χ3n) is 3.95. The van der Waals surface area contributed by atoms with Gasteiger partial charge in [-0.25, -0.2) is 0 Å². The number of hydrogen-bond acceptors (Lipinski definition) is 2. The zero-order valence-electron chi connectivity index (χ0n) is 14.0. The molecule has 0 radical (unpaired) electrons. The minimum atomic E-state index is 0.147. The molecular weight excluding hydrogens is 324 g/mol. The Morgan fingerprint density at radius 3 is 2.43 bits per heavy atom. The van der Waals surface area contributed by atoms with Crippen LogP contribution in [0.5, 0.6) is 0 Å². The summed E-state index contributed by atoms with van der Waals surface area (Å²) in [5.41, 5.74) is 2.81. The van der Waals surface area contributed by atoms with Crippen molar-refractivity contribution < 1.29 is 0 Å².